The van der Waals surface area contributed by atoms with E-state index in [1.54, 1.807) is 6.92 Å². The summed E-state index contributed by atoms with van der Waals surface area (Å²) in [4.78, 5) is 11.2. The third-order valence-electron chi connectivity index (χ3n) is 2.00. The summed E-state index contributed by atoms with van der Waals surface area (Å²) in [6.07, 6.45) is -4.43. The van der Waals surface area contributed by atoms with Crippen LogP contribution in [0.4, 0.5) is 13.2 Å². The van der Waals surface area contributed by atoms with Gasteiger partial charge in [-0.15, -0.1) is 0 Å². The average Bonchev–Trinajstić information content (AvgIpc) is 2.28. The maximum atomic E-state index is 12.3. The van der Waals surface area contributed by atoms with Crippen LogP contribution in [-0.2, 0) is 26.5 Å². The second-order valence-electron chi connectivity index (χ2n) is 3.32. The molecule has 0 aliphatic heterocycles. The van der Waals surface area contributed by atoms with Gasteiger partial charge in [0.1, 0.15) is 5.75 Å². The van der Waals surface area contributed by atoms with Crippen LogP contribution in [0.25, 0.3) is 0 Å². The van der Waals surface area contributed by atoms with Crippen LogP contribution in [0.2, 0.25) is 0 Å². The SMILES string of the molecule is CCOC(=O)CS(=O)c1ccc(C(F)(F)F)cc1. The van der Waals surface area contributed by atoms with Crippen molar-refractivity contribution in [3.8, 4) is 0 Å². The molecule has 0 bridgehead atoms. The highest BCUT2D eigenvalue weighted by molar-refractivity contribution is 7.85. The molecule has 1 aromatic rings. The third kappa shape index (κ3) is 4.14. The molecule has 0 aliphatic rings. The quantitative estimate of drug-likeness (QED) is 0.795. The molecule has 0 amide bonds. The zero-order valence-electron chi connectivity index (χ0n) is 9.49. The summed E-state index contributed by atoms with van der Waals surface area (Å²) in [7, 11) is -1.69. The number of rotatable bonds is 4. The van der Waals surface area contributed by atoms with E-state index >= 15 is 0 Å². The van der Waals surface area contributed by atoms with Gasteiger partial charge in [-0.25, -0.2) is 0 Å². The first-order valence-electron chi connectivity index (χ1n) is 5.06. The molecule has 1 unspecified atom stereocenters. The Bertz CT molecular complexity index is 440. The van der Waals surface area contributed by atoms with Gasteiger partial charge in [0.25, 0.3) is 0 Å². The number of benzene rings is 1. The lowest BCUT2D eigenvalue weighted by atomic mass is 10.2. The highest BCUT2D eigenvalue weighted by atomic mass is 32.2. The molecule has 0 spiro atoms. The van der Waals surface area contributed by atoms with Crippen LogP contribution in [0.3, 0.4) is 0 Å². The van der Waals surface area contributed by atoms with Gasteiger partial charge in [0.15, 0.2) is 0 Å². The number of esters is 1. The molecule has 0 heterocycles. The highest BCUT2D eigenvalue weighted by Gasteiger charge is 2.30. The lowest BCUT2D eigenvalue weighted by Crippen LogP contribution is -2.14. The van der Waals surface area contributed by atoms with Crippen molar-refractivity contribution < 1.29 is 26.9 Å². The van der Waals surface area contributed by atoms with Crippen molar-refractivity contribution in [3.05, 3.63) is 29.8 Å². The summed E-state index contributed by atoms with van der Waals surface area (Å²) < 4.78 is 53.1. The zero-order valence-corrected chi connectivity index (χ0v) is 10.3. The fourth-order valence-corrected chi connectivity index (χ4v) is 2.09. The first kappa shape index (κ1) is 14.7. The van der Waals surface area contributed by atoms with E-state index in [2.05, 4.69) is 4.74 Å². The normalized spacial score (nSPS) is 13.1. The summed E-state index contributed by atoms with van der Waals surface area (Å²) in [5.41, 5.74) is -0.820. The van der Waals surface area contributed by atoms with E-state index in [0.29, 0.717) is 0 Å². The van der Waals surface area contributed by atoms with Gasteiger partial charge in [-0.3, -0.25) is 9.00 Å². The van der Waals surface area contributed by atoms with Gasteiger partial charge in [-0.05, 0) is 31.2 Å². The monoisotopic (exact) mass is 280 g/mol. The lowest BCUT2D eigenvalue weighted by molar-refractivity contribution is -0.140. The minimum atomic E-state index is -4.43. The van der Waals surface area contributed by atoms with Crippen molar-refractivity contribution >= 4 is 16.8 Å². The van der Waals surface area contributed by atoms with E-state index < -0.39 is 28.5 Å². The Morgan fingerprint density at radius 3 is 2.28 bits per heavy atom. The molecule has 0 saturated heterocycles. The first-order chi connectivity index (χ1) is 8.34. The van der Waals surface area contributed by atoms with Crippen LogP contribution < -0.4 is 0 Å². The molecule has 100 valence electrons. The molecule has 18 heavy (non-hydrogen) atoms. The van der Waals surface area contributed by atoms with Gasteiger partial charge in [-0.1, -0.05) is 0 Å². The van der Waals surface area contributed by atoms with E-state index in [1.807, 2.05) is 0 Å². The molecular formula is C11H11F3O3S. The minimum absolute atomic E-state index is 0.163. The largest absolute Gasteiger partial charge is 0.465 e. The number of ether oxygens (including phenoxy) is 1. The van der Waals surface area contributed by atoms with Gasteiger partial charge >= 0.3 is 12.1 Å². The lowest BCUT2D eigenvalue weighted by Gasteiger charge is -2.07. The molecule has 1 rings (SSSR count). The number of hydrogen-bond donors (Lipinski definition) is 0. The molecule has 1 atom stereocenters. The Hall–Kier alpha value is -1.37. The summed E-state index contributed by atoms with van der Waals surface area (Å²) >= 11 is 0. The molecule has 3 nitrogen and oxygen atoms in total. The molecule has 1 aromatic carbocycles. The Labute approximate surface area is 104 Å². The van der Waals surface area contributed by atoms with Gasteiger partial charge in [0.05, 0.1) is 23.0 Å². The molecule has 7 heteroatoms. The number of carbonyl (C=O) groups is 1. The maximum Gasteiger partial charge on any atom is 0.416 e. The second-order valence-corrected chi connectivity index (χ2v) is 4.77. The maximum absolute atomic E-state index is 12.3. The van der Waals surface area contributed by atoms with Gasteiger partial charge in [0.2, 0.25) is 0 Å². The molecule has 0 saturated carbocycles. The topological polar surface area (TPSA) is 43.4 Å². The molecule has 0 aromatic heterocycles. The van der Waals surface area contributed by atoms with Crippen molar-refractivity contribution in [2.45, 2.75) is 18.0 Å². The Kier molecular flexibility index (Phi) is 4.89. The summed E-state index contributed by atoms with van der Waals surface area (Å²) in [6.45, 7) is 1.78. The predicted molar refractivity (Wildman–Crippen MR) is 59.4 cm³/mol. The van der Waals surface area contributed by atoms with Crippen LogP contribution >= 0.6 is 0 Å². The van der Waals surface area contributed by atoms with Crippen molar-refractivity contribution in [2.75, 3.05) is 12.4 Å². The van der Waals surface area contributed by atoms with E-state index in [1.165, 1.54) is 0 Å². The Balaban J connectivity index is 2.74. The second kappa shape index (κ2) is 5.99. The van der Waals surface area contributed by atoms with E-state index in [9.17, 15) is 22.2 Å². The van der Waals surface area contributed by atoms with Crippen molar-refractivity contribution in [1.29, 1.82) is 0 Å². The Morgan fingerprint density at radius 2 is 1.83 bits per heavy atom. The molecule has 0 N–H and O–H groups in total. The number of halogens is 3. The average molecular weight is 280 g/mol. The van der Waals surface area contributed by atoms with Gasteiger partial charge < -0.3 is 4.74 Å². The summed E-state index contributed by atoms with van der Waals surface area (Å²) in [5, 5.41) is 0. The zero-order chi connectivity index (χ0) is 13.8. The first-order valence-corrected chi connectivity index (χ1v) is 6.37. The van der Waals surface area contributed by atoms with Crippen LogP contribution in [0.1, 0.15) is 12.5 Å². The fraction of sp³-hybridized carbons (Fsp3) is 0.364. The fourth-order valence-electron chi connectivity index (χ4n) is 1.19. The van der Waals surface area contributed by atoms with Crippen molar-refractivity contribution in [1.82, 2.24) is 0 Å². The van der Waals surface area contributed by atoms with Crippen LogP contribution in [-0.4, -0.2) is 22.5 Å². The van der Waals surface area contributed by atoms with Crippen LogP contribution in [0.5, 0.6) is 0 Å². The van der Waals surface area contributed by atoms with Crippen molar-refractivity contribution in [3.63, 3.8) is 0 Å². The molecule has 0 aliphatic carbocycles. The van der Waals surface area contributed by atoms with E-state index in [-0.39, 0.29) is 17.3 Å². The van der Waals surface area contributed by atoms with Crippen LogP contribution in [0, 0.1) is 0 Å². The Morgan fingerprint density at radius 1 is 1.28 bits per heavy atom. The highest BCUT2D eigenvalue weighted by Crippen LogP contribution is 2.29. The van der Waals surface area contributed by atoms with E-state index in [4.69, 9.17) is 0 Å². The molecular weight excluding hydrogens is 269 g/mol. The van der Waals surface area contributed by atoms with Crippen LogP contribution in [0.15, 0.2) is 29.2 Å². The standard InChI is InChI=1S/C11H11F3O3S/c1-2-17-10(15)7-18(16)9-5-3-8(4-6-9)11(12,13)14/h3-6H,2,7H2,1H3. The predicted octanol–water partition coefficient (Wildman–Crippen LogP) is 2.38. The molecule has 0 fully saturated rings. The number of alkyl halides is 3. The van der Waals surface area contributed by atoms with Crippen molar-refractivity contribution in [2.24, 2.45) is 0 Å². The summed E-state index contributed by atoms with van der Waals surface area (Å²) in [5.74, 6) is -1.00. The van der Waals surface area contributed by atoms with Gasteiger partial charge in [0, 0.05) is 4.90 Å². The third-order valence-corrected chi connectivity index (χ3v) is 3.29. The summed E-state index contributed by atoms with van der Waals surface area (Å²) in [6, 6.07) is 3.85. The minimum Gasteiger partial charge on any atom is -0.465 e. The number of hydrogen-bond acceptors (Lipinski definition) is 3. The van der Waals surface area contributed by atoms with E-state index in [0.717, 1.165) is 24.3 Å². The van der Waals surface area contributed by atoms with Gasteiger partial charge in [-0.2, -0.15) is 13.2 Å². The smallest absolute Gasteiger partial charge is 0.416 e. The molecule has 0 radical (unpaired) electrons. The number of carbonyl (C=O) groups excluding carboxylic acids is 1.